The first-order chi connectivity index (χ1) is 8.08. The Hall–Kier alpha value is 0.160. The third-order valence-corrected chi connectivity index (χ3v) is 5.85. The van der Waals surface area contributed by atoms with Gasteiger partial charge in [0, 0.05) is 13.4 Å². The minimum atomic E-state index is 0.763. The molecule has 2 rings (SSSR count). The molecule has 0 saturated carbocycles. The molecule has 0 unspecified atom stereocenters. The largest absolute Gasteiger partial charge is 0.456 e. The molecule has 2 aromatic rings. The summed E-state index contributed by atoms with van der Waals surface area (Å²) in [5.74, 6) is 1.55. The van der Waals surface area contributed by atoms with E-state index in [1.165, 1.54) is 0 Å². The molecule has 0 aliphatic heterocycles. The van der Waals surface area contributed by atoms with Gasteiger partial charge in [-0.15, -0.1) is 0 Å². The average molecular weight is 486 g/mol. The lowest BCUT2D eigenvalue weighted by molar-refractivity contribution is 0.479. The molecule has 0 saturated heterocycles. The maximum absolute atomic E-state index is 5.80. The topological polar surface area (TPSA) is 9.23 Å². The fourth-order valence-corrected chi connectivity index (χ4v) is 2.98. The molecule has 0 fully saturated rings. The fourth-order valence-electron chi connectivity index (χ4n) is 1.25. The predicted octanol–water partition coefficient (Wildman–Crippen LogP) is 6.53. The lowest BCUT2D eigenvalue weighted by Gasteiger charge is -2.09. The highest BCUT2D eigenvalue weighted by atomic mass is 79.9. The van der Waals surface area contributed by atoms with Crippen molar-refractivity contribution in [3.63, 3.8) is 0 Å². The van der Waals surface area contributed by atoms with E-state index in [4.69, 9.17) is 4.74 Å². The van der Waals surface area contributed by atoms with Crippen molar-refractivity contribution < 1.29 is 4.74 Å². The molecule has 88 valence electrons. The SMILES string of the molecule is Brc1ccccc1Oc1cc(Br)c(Br)c(Br)c1. The second kappa shape index (κ2) is 5.87. The molecule has 0 aromatic heterocycles. The second-order valence-electron chi connectivity index (χ2n) is 3.23. The van der Waals surface area contributed by atoms with Crippen LogP contribution in [0.1, 0.15) is 0 Å². The molecule has 1 nitrogen and oxygen atoms in total. The van der Waals surface area contributed by atoms with Gasteiger partial charge in [-0.3, -0.25) is 0 Å². The summed E-state index contributed by atoms with van der Waals surface area (Å²) in [5, 5.41) is 0. The Balaban J connectivity index is 2.34. The maximum atomic E-state index is 5.80. The number of ether oxygens (including phenoxy) is 1. The van der Waals surface area contributed by atoms with E-state index in [9.17, 15) is 0 Å². The van der Waals surface area contributed by atoms with Gasteiger partial charge >= 0.3 is 0 Å². The van der Waals surface area contributed by atoms with Gasteiger partial charge in [0.05, 0.1) is 4.47 Å². The zero-order valence-corrected chi connectivity index (χ0v) is 14.7. The predicted molar refractivity (Wildman–Crippen MR) is 83.8 cm³/mol. The molecule has 0 bridgehead atoms. The summed E-state index contributed by atoms with van der Waals surface area (Å²) in [6.07, 6.45) is 0. The highest BCUT2D eigenvalue weighted by molar-refractivity contribution is 9.14. The Morgan fingerprint density at radius 1 is 0.765 bits per heavy atom. The molecule has 0 heterocycles. The fraction of sp³-hybridized carbons (Fsp3) is 0. The first-order valence-electron chi connectivity index (χ1n) is 4.65. The lowest BCUT2D eigenvalue weighted by atomic mass is 10.3. The van der Waals surface area contributed by atoms with Crippen LogP contribution >= 0.6 is 63.7 Å². The molecule has 0 atom stereocenters. The molecule has 0 radical (unpaired) electrons. The van der Waals surface area contributed by atoms with Gasteiger partial charge in [0.2, 0.25) is 0 Å². The number of rotatable bonds is 2. The highest BCUT2D eigenvalue weighted by Crippen LogP contribution is 2.37. The molecule has 0 aliphatic carbocycles. The standard InChI is InChI=1S/C12H6Br4O/c13-8-3-1-2-4-11(8)17-7-5-9(14)12(16)10(15)6-7/h1-6H. The van der Waals surface area contributed by atoms with Gasteiger partial charge in [0.15, 0.2) is 0 Å². The van der Waals surface area contributed by atoms with E-state index in [0.717, 1.165) is 29.4 Å². The number of benzene rings is 2. The summed E-state index contributed by atoms with van der Waals surface area (Å²) in [6.45, 7) is 0. The number of hydrogen-bond acceptors (Lipinski definition) is 1. The van der Waals surface area contributed by atoms with Crippen LogP contribution in [0.4, 0.5) is 0 Å². The highest BCUT2D eigenvalue weighted by Gasteiger charge is 2.07. The van der Waals surface area contributed by atoms with Gasteiger partial charge in [0.25, 0.3) is 0 Å². The molecule has 0 N–H and O–H groups in total. The van der Waals surface area contributed by atoms with Crippen LogP contribution < -0.4 is 4.74 Å². The third kappa shape index (κ3) is 3.34. The summed E-state index contributed by atoms with van der Waals surface area (Å²) in [7, 11) is 0. The Kier molecular flexibility index (Phi) is 4.69. The van der Waals surface area contributed by atoms with E-state index in [0.29, 0.717) is 0 Å². The lowest BCUT2D eigenvalue weighted by Crippen LogP contribution is -1.86. The normalized spacial score (nSPS) is 10.4. The molecular formula is C12H6Br4O. The first kappa shape index (κ1) is 13.6. The van der Waals surface area contributed by atoms with Crippen molar-refractivity contribution in [3.05, 3.63) is 54.3 Å². The molecule has 2 aromatic carbocycles. The summed E-state index contributed by atoms with van der Waals surface area (Å²) in [4.78, 5) is 0. The molecule has 0 amide bonds. The molecular weight excluding hydrogens is 480 g/mol. The number of para-hydroxylation sites is 1. The van der Waals surface area contributed by atoms with Crippen molar-refractivity contribution in [1.29, 1.82) is 0 Å². The Morgan fingerprint density at radius 3 is 1.94 bits per heavy atom. The minimum Gasteiger partial charge on any atom is -0.456 e. The van der Waals surface area contributed by atoms with E-state index in [-0.39, 0.29) is 0 Å². The number of halogens is 4. The Bertz CT molecular complexity index is 531. The van der Waals surface area contributed by atoms with E-state index in [2.05, 4.69) is 63.7 Å². The van der Waals surface area contributed by atoms with Crippen LogP contribution in [-0.4, -0.2) is 0 Å². The van der Waals surface area contributed by atoms with Crippen molar-refractivity contribution in [2.24, 2.45) is 0 Å². The van der Waals surface area contributed by atoms with Crippen molar-refractivity contribution in [1.82, 2.24) is 0 Å². The molecule has 17 heavy (non-hydrogen) atoms. The minimum absolute atomic E-state index is 0.763. The van der Waals surface area contributed by atoms with Gasteiger partial charge < -0.3 is 4.74 Å². The van der Waals surface area contributed by atoms with E-state index >= 15 is 0 Å². The van der Waals surface area contributed by atoms with Gasteiger partial charge in [-0.1, -0.05) is 12.1 Å². The number of hydrogen-bond donors (Lipinski definition) is 0. The monoisotopic (exact) mass is 482 g/mol. The van der Waals surface area contributed by atoms with Crippen LogP contribution in [-0.2, 0) is 0 Å². The van der Waals surface area contributed by atoms with Crippen LogP contribution in [0.2, 0.25) is 0 Å². The van der Waals surface area contributed by atoms with Crippen molar-refractivity contribution in [2.45, 2.75) is 0 Å². The van der Waals surface area contributed by atoms with E-state index in [1.54, 1.807) is 0 Å². The average Bonchev–Trinajstić information content (AvgIpc) is 2.29. The Labute approximate surface area is 133 Å². The zero-order valence-electron chi connectivity index (χ0n) is 8.38. The third-order valence-electron chi connectivity index (χ3n) is 2.02. The zero-order chi connectivity index (χ0) is 12.4. The van der Waals surface area contributed by atoms with Gasteiger partial charge in [-0.2, -0.15) is 0 Å². The quantitative estimate of drug-likeness (QED) is 0.440. The van der Waals surface area contributed by atoms with E-state index in [1.807, 2.05) is 36.4 Å². The van der Waals surface area contributed by atoms with Crippen LogP contribution in [0.25, 0.3) is 0 Å². The van der Waals surface area contributed by atoms with Gasteiger partial charge in [0.1, 0.15) is 11.5 Å². The second-order valence-corrected chi connectivity index (χ2v) is 6.59. The molecule has 5 heteroatoms. The first-order valence-corrected chi connectivity index (χ1v) is 7.82. The van der Waals surface area contributed by atoms with Crippen molar-refractivity contribution >= 4 is 63.7 Å². The van der Waals surface area contributed by atoms with Gasteiger partial charge in [-0.25, -0.2) is 0 Å². The van der Waals surface area contributed by atoms with Crippen LogP contribution in [0, 0.1) is 0 Å². The van der Waals surface area contributed by atoms with Crippen LogP contribution in [0.15, 0.2) is 54.3 Å². The maximum Gasteiger partial charge on any atom is 0.141 e. The van der Waals surface area contributed by atoms with Crippen LogP contribution in [0.5, 0.6) is 11.5 Å². The van der Waals surface area contributed by atoms with Crippen molar-refractivity contribution in [3.8, 4) is 11.5 Å². The Morgan fingerprint density at radius 2 is 1.35 bits per heavy atom. The van der Waals surface area contributed by atoms with Crippen LogP contribution in [0.3, 0.4) is 0 Å². The summed E-state index contributed by atoms with van der Waals surface area (Å²) in [6, 6.07) is 11.6. The summed E-state index contributed by atoms with van der Waals surface area (Å²) >= 11 is 13.8. The van der Waals surface area contributed by atoms with Gasteiger partial charge in [-0.05, 0) is 88.0 Å². The summed E-state index contributed by atoms with van der Waals surface area (Å²) < 4.78 is 9.57. The van der Waals surface area contributed by atoms with Crippen molar-refractivity contribution in [2.75, 3.05) is 0 Å². The smallest absolute Gasteiger partial charge is 0.141 e. The molecule has 0 spiro atoms. The molecule has 0 aliphatic rings. The van der Waals surface area contributed by atoms with E-state index < -0.39 is 0 Å². The summed E-state index contributed by atoms with van der Waals surface area (Å²) in [5.41, 5.74) is 0.